The predicted molar refractivity (Wildman–Crippen MR) is 91.9 cm³/mol. The Morgan fingerprint density at radius 1 is 1.09 bits per heavy atom. The number of likely N-dealkylation sites (tertiary alicyclic amines) is 1. The minimum atomic E-state index is -1.01. The summed E-state index contributed by atoms with van der Waals surface area (Å²) < 4.78 is 0. The topological polar surface area (TPSA) is 40.5 Å². The van der Waals surface area contributed by atoms with E-state index in [2.05, 4.69) is 0 Å². The zero-order valence-electron chi connectivity index (χ0n) is 12.5. The molecule has 1 amide bonds. The molecule has 0 aliphatic carbocycles. The normalized spacial score (nSPS) is 21.3. The van der Waals surface area contributed by atoms with Crippen LogP contribution in [-0.2, 0) is 5.60 Å². The lowest BCUT2D eigenvalue weighted by atomic mass is 9.85. The third-order valence-electron chi connectivity index (χ3n) is 4.24. The van der Waals surface area contributed by atoms with Gasteiger partial charge in [0.25, 0.3) is 5.91 Å². The molecule has 0 aromatic heterocycles. The van der Waals surface area contributed by atoms with Gasteiger partial charge in [-0.25, -0.2) is 0 Å². The Balaban J connectivity index is 1.83. The quantitative estimate of drug-likeness (QED) is 0.885. The number of hydrogen-bond donors (Lipinski definition) is 1. The van der Waals surface area contributed by atoms with Crippen molar-refractivity contribution >= 4 is 29.1 Å². The maximum Gasteiger partial charge on any atom is 0.254 e. The molecule has 1 N–H and O–H groups in total. The number of amides is 1. The Morgan fingerprint density at radius 3 is 2.52 bits per heavy atom. The molecule has 2 aromatic rings. The van der Waals surface area contributed by atoms with Crippen LogP contribution < -0.4 is 0 Å². The number of rotatable bonds is 2. The molecule has 1 atom stereocenters. The van der Waals surface area contributed by atoms with E-state index in [9.17, 15) is 9.90 Å². The van der Waals surface area contributed by atoms with Crippen molar-refractivity contribution in [2.45, 2.75) is 18.4 Å². The fraction of sp³-hybridized carbons (Fsp3) is 0.278. The van der Waals surface area contributed by atoms with Crippen LogP contribution in [0.25, 0.3) is 0 Å². The van der Waals surface area contributed by atoms with Crippen molar-refractivity contribution < 1.29 is 9.90 Å². The Bertz CT molecular complexity index is 720. The molecule has 1 saturated heterocycles. The number of β-amino-alcohol motifs (C(OH)–C–C–N with tert-alkyl or cyclic N) is 1. The fourth-order valence-corrected chi connectivity index (χ4v) is 3.30. The minimum absolute atomic E-state index is 0.141. The van der Waals surface area contributed by atoms with Gasteiger partial charge in [-0.3, -0.25) is 4.79 Å². The van der Waals surface area contributed by atoms with Crippen LogP contribution in [0, 0.1) is 0 Å². The lowest BCUT2D eigenvalue weighted by Crippen LogP contribution is -2.48. The van der Waals surface area contributed by atoms with E-state index in [1.54, 1.807) is 23.1 Å². The number of piperidine rings is 1. The van der Waals surface area contributed by atoms with Gasteiger partial charge in [0.1, 0.15) is 5.60 Å². The molecule has 0 spiro atoms. The van der Waals surface area contributed by atoms with E-state index < -0.39 is 5.60 Å². The molecule has 1 unspecified atom stereocenters. The predicted octanol–water partition coefficient (Wildman–Crippen LogP) is 4.12. The van der Waals surface area contributed by atoms with E-state index in [4.69, 9.17) is 23.2 Å². The van der Waals surface area contributed by atoms with Crippen LogP contribution in [0.5, 0.6) is 0 Å². The average Bonchev–Trinajstić information content (AvgIpc) is 2.57. The van der Waals surface area contributed by atoms with E-state index in [1.807, 2.05) is 30.3 Å². The first-order valence-corrected chi connectivity index (χ1v) is 8.27. The average molecular weight is 350 g/mol. The van der Waals surface area contributed by atoms with Gasteiger partial charge in [-0.05, 0) is 36.6 Å². The third-order valence-corrected chi connectivity index (χ3v) is 4.97. The Labute approximate surface area is 145 Å². The van der Waals surface area contributed by atoms with Crippen molar-refractivity contribution in [3.63, 3.8) is 0 Å². The molecule has 1 heterocycles. The molecule has 0 saturated carbocycles. The lowest BCUT2D eigenvalue weighted by molar-refractivity contribution is -0.0289. The first-order chi connectivity index (χ1) is 11.0. The van der Waals surface area contributed by atoms with Crippen LogP contribution in [0.4, 0.5) is 0 Å². The smallest absolute Gasteiger partial charge is 0.254 e. The van der Waals surface area contributed by atoms with Crippen LogP contribution >= 0.6 is 23.2 Å². The summed E-state index contributed by atoms with van der Waals surface area (Å²) in [5, 5.41) is 11.7. The van der Waals surface area contributed by atoms with Crippen LogP contribution in [0.1, 0.15) is 28.8 Å². The second kappa shape index (κ2) is 6.52. The van der Waals surface area contributed by atoms with Crippen LogP contribution in [0.15, 0.2) is 48.5 Å². The maximum absolute atomic E-state index is 12.7. The van der Waals surface area contributed by atoms with Gasteiger partial charge in [0.2, 0.25) is 0 Å². The molecule has 5 heteroatoms. The van der Waals surface area contributed by atoms with E-state index in [1.165, 1.54) is 0 Å². The Kier molecular flexibility index (Phi) is 4.62. The first kappa shape index (κ1) is 16.3. The number of halogens is 2. The van der Waals surface area contributed by atoms with E-state index in [0.29, 0.717) is 28.6 Å². The lowest BCUT2D eigenvalue weighted by Gasteiger charge is -2.39. The van der Waals surface area contributed by atoms with Crippen molar-refractivity contribution in [1.29, 1.82) is 0 Å². The first-order valence-electron chi connectivity index (χ1n) is 7.52. The zero-order valence-corrected chi connectivity index (χ0v) is 14.0. The van der Waals surface area contributed by atoms with Crippen molar-refractivity contribution in [2.24, 2.45) is 0 Å². The summed E-state index contributed by atoms with van der Waals surface area (Å²) in [7, 11) is 0. The minimum Gasteiger partial charge on any atom is -0.383 e. The van der Waals surface area contributed by atoms with Gasteiger partial charge in [-0.1, -0.05) is 53.5 Å². The number of hydrogen-bond acceptors (Lipinski definition) is 2. The number of carbonyl (C=O) groups is 1. The largest absolute Gasteiger partial charge is 0.383 e. The van der Waals surface area contributed by atoms with Gasteiger partial charge < -0.3 is 10.0 Å². The highest BCUT2D eigenvalue weighted by Gasteiger charge is 2.36. The molecule has 0 bridgehead atoms. The Morgan fingerprint density at radius 2 is 1.83 bits per heavy atom. The summed E-state index contributed by atoms with van der Waals surface area (Å²) in [6.45, 7) is 0.893. The monoisotopic (exact) mass is 349 g/mol. The molecule has 2 aromatic carbocycles. The molecule has 1 aliphatic heterocycles. The summed E-state index contributed by atoms with van der Waals surface area (Å²) >= 11 is 11.9. The van der Waals surface area contributed by atoms with Crippen LogP contribution in [0.3, 0.4) is 0 Å². The summed E-state index contributed by atoms with van der Waals surface area (Å²) in [5.74, 6) is -0.141. The summed E-state index contributed by atoms with van der Waals surface area (Å²) in [6.07, 6.45) is 1.39. The molecule has 1 aliphatic rings. The zero-order chi connectivity index (χ0) is 16.4. The molecular weight excluding hydrogens is 333 g/mol. The van der Waals surface area contributed by atoms with Gasteiger partial charge in [0, 0.05) is 12.1 Å². The number of aliphatic hydroxyl groups is 1. The number of benzene rings is 2. The standard InChI is InChI=1S/C18H17Cl2NO2/c19-15-8-7-13(11-16(15)20)17(22)21-10-4-9-18(23,12-21)14-5-2-1-3-6-14/h1-3,5-8,11,23H,4,9-10,12H2. The summed E-state index contributed by atoms with van der Waals surface area (Å²) in [6, 6.07) is 14.3. The second-order valence-electron chi connectivity index (χ2n) is 5.86. The van der Waals surface area contributed by atoms with E-state index in [0.717, 1.165) is 12.0 Å². The van der Waals surface area contributed by atoms with Gasteiger partial charge in [-0.15, -0.1) is 0 Å². The van der Waals surface area contributed by atoms with Crippen LogP contribution in [-0.4, -0.2) is 29.0 Å². The highest BCUT2D eigenvalue weighted by Crippen LogP contribution is 2.32. The highest BCUT2D eigenvalue weighted by molar-refractivity contribution is 6.42. The van der Waals surface area contributed by atoms with Gasteiger partial charge >= 0.3 is 0 Å². The van der Waals surface area contributed by atoms with Crippen molar-refractivity contribution in [3.8, 4) is 0 Å². The van der Waals surface area contributed by atoms with Gasteiger partial charge in [0.05, 0.1) is 16.6 Å². The third kappa shape index (κ3) is 3.37. The molecule has 23 heavy (non-hydrogen) atoms. The van der Waals surface area contributed by atoms with E-state index >= 15 is 0 Å². The molecule has 0 radical (unpaired) electrons. The number of carbonyl (C=O) groups excluding carboxylic acids is 1. The SMILES string of the molecule is O=C(c1ccc(Cl)c(Cl)c1)N1CCCC(O)(c2ccccc2)C1. The van der Waals surface area contributed by atoms with Crippen molar-refractivity contribution in [2.75, 3.05) is 13.1 Å². The fourth-order valence-electron chi connectivity index (χ4n) is 3.01. The van der Waals surface area contributed by atoms with Crippen LogP contribution in [0.2, 0.25) is 10.0 Å². The van der Waals surface area contributed by atoms with Gasteiger partial charge in [0.15, 0.2) is 0 Å². The van der Waals surface area contributed by atoms with Crippen molar-refractivity contribution in [3.05, 3.63) is 69.7 Å². The Hall–Kier alpha value is -1.55. The number of nitrogens with zero attached hydrogens (tertiary/aromatic N) is 1. The van der Waals surface area contributed by atoms with Gasteiger partial charge in [-0.2, -0.15) is 0 Å². The highest BCUT2D eigenvalue weighted by atomic mass is 35.5. The van der Waals surface area contributed by atoms with E-state index in [-0.39, 0.29) is 12.5 Å². The summed E-state index contributed by atoms with van der Waals surface area (Å²) in [5.41, 5.74) is 0.314. The van der Waals surface area contributed by atoms with Crippen molar-refractivity contribution in [1.82, 2.24) is 4.90 Å². The molecule has 120 valence electrons. The maximum atomic E-state index is 12.7. The molecule has 1 fully saturated rings. The molecular formula is C18H17Cl2NO2. The molecule has 3 rings (SSSR count). The second-order valence-corrected chi connectivity index (χ2v) is 6.67. The summed E-state index contributed by atoms with van der Waals surface area (Å²) in [4.78, 5) is 14.4. The molecule has 3 nitrogen and oxygen atoms in total.